The van der Waals surface area contributed by atoms with Crippen molar-refractivity contribution in [1.29, 1.82) is 0 Å². The molecule has 1 aliphatic heterocycles. The number of thiophene rings is 1. The van der Waals surface area contributed by atoms with Crippen molar-refractivity contribution in [3.05, 3.63) is 82.3 Å². The molecule has 166 valence electrons. The Morgan fingerprint density at radius 2 is 1.84 bits per heavy atom. The van der Waals surface area contributed by atoms with E-state index in [4.69, 9.17) is 0 Å². The molecule has 0 bridgehead atoms. The highest BCUT2D eigenvalue weighted by Gasteiger charge is 2.24. The van der Waals surface area contributed by atoms with E-state index in [1.807, 2.05) is 35.7 Å². The van der Waals surface area contributed by atoms with Gasteiger partial charge in [0.25, 0.3) is 5.91 Å². The first kappa shape index (κ1) is 22.0. The molecule has 1 aliphatic rings. The summed E-state index contributed by atoms with van der Waals surface area (Å²) in [5.74, 6) is -1.13. The SMILES string of the molecule is O=C(NC(Cc1ccccc1)C(=O)Nc1cc(F)ccc1N1CCNCC1)c1cccs1. The largest absolute Gasteiger partial charge is 0.367 e. The first-order valence-electron chi connectivity index (χ1n) is 10.5. The Kier molecular flexibility index (Phi) is 7.14. The smallest absolute Gasteiger partial charge is 0.262 e. The Morgan fingerprint density at radius 1 is 1.06 bits per heavy atom. The molecule has 1 aromatic heterocycles. The third-order valence-corrected chi connectivity index (χ3v) is 6.19. The quantitative estimate of drug-likeness (QED) is 0.515. The van der Waals surface area contributed by atoms with Crippen LogP contribution >= 0.6 is 11.3 Å². The zero-order valence-corrected chi connectivity index (χ0v) is 18.3. The van der Waals surface area contributed by atoms with Crippen molar-refractivity contribution < 1.29 is 14.0 Å². The van der Waals surface area contributed by atoms with Crippen LogP contribution in [-0.2, 0) is 11.2 Å². The molecular weight excluding hydrogens is 427 g/mol. The van der Waals surface area contributed by atoms with Crippen molar-refractivity contribution in [1.82, 2.24) is 10.6 Å². The summed E-state index contributed by atoms with van der Waals surface area (Å²) in [7, 11) is 0. The van der Waals surface area contributed by atoms with Gasteiger partial charge in [0.2, 0.25) is 5.91 Å². The molecule has 0 aliphatic carbocycles. The van der Waals surface area contributed by atoms with E-state index in [-0.39, 0.29) is 11.8 Å². The van der Waals surface area contributed by atoms with Crippen molar-refractivity contribution in [2.45, 2.75) is 12.5 Å². The van der Waals surface area contributed by atoms with Crippen LogP contribution in [0, 0.1) is 5.82 Å². The van der Waals surface area contributed by atoms with Crippen LogP contribution in [-0.4, -0.2) is 44.0 Å². The Morgan fingerprint density at radius 3 is 2.56 bits per heavy atom. The molecule has 2 heterocycles. The van der Waals surface area contributed by atoms with E-state index in [1.54, 1.807) is 18.2 Å². The second-order valence-corrected chi connectivity index (χ2v) is 8.53. The van der Waals surface area contributed by atoms with Gasteiger partial charge < -0.3 is 20.9 Å². The first-order valence-corrected chi connectivity index (χ1v) is 11.4. The summed E-state index contributed by atoms with van der Waals surface area (Å²) in [6, 6.07) is 16.6. The summed E-state index contributed by atoms with van der Waals surface area (Å²) in [6.07, 6.45) is 0.321. The number of carbonyl (C=O) groups excluding carboxylic acids is 2. The van der Waals surface area contributed by atoms with Gasteiger partial charge in [-0.25, -0.2) is 4.39 Å². The normalized spacial score (nSPS) is 14.6. The number of nitrogens with zero attached hydrogens (tertiary/aromatic N) is 1. The molecule has 2 amide bonds. The van der Waals surface area contributed by atoms with Gasteiger partial charge in [0, 0.05) is 32.6 Å². The van der Waals surface area contributed by atoms with Gasteiger partial charge in [-0.05, 0) is 35.2 Å². The maximum atomic E-state index is 14.1. The lowest BCUT2D eigenvalue weighted by molar-refractivity contribution is -0.118. The number of hydrogen-bond acceptors (Lipinski definition) is 5. The molecule has 6 nitrogen and oxygen atoms in total. The van der Waals surface area contributed by atoms with Crippen molar-refractivity contribution in [3.8, 4) is 0 Å². The van der Waals surface area contributed by atoms with Crippen LogP contribution in [0.2, 0.25) is 0 Å². The summed E-state index contributed by atoms with van der Waals surface area (Å²) < 4.78 is 14.1. The third-order valence-electron chi connectivity index (χ3n) is 5.32. The standard InChI is InChI=1S/C24H25FN4O2S/c25-18-8-9-21(29-12-10-26-11-13-29)19(16-18)27-23(30)20(15-17-5-2-1-3-6-17)28-24(31)22-7-4-14-32-22/h1-9,14,16,20,26H,10-13,15H2,(H,27,30)(H,28,31). The van der Waals surface area contributed by atoms with Crippen molar-refractivity contribution in [2.24, 2.45) is 0 Å². The van der Waals surface area contributed by atoms with Gasteiger partial charge in [0.15, 0.2) is 0 Å². The number of carbonyl (C=O) groups is 2. The maximum absolute atomic E-state index is 14.1. The zero-order chi connectivity index (χ0) is 22.3. The lowest BCUT2D eigenvalue weighted by Gasteiger charge is -2.31. The highest BCUT2D eigenvalue weighted by atomic mass is 32.1. The molecule has 1 fully saturated rings. The third kappa shape index (κ3) is 5.52. The topological polar surface area (TPSA) is 73.5 Å². The number of hydrogen-bond donors (Lipinski definition) is 3. The van der Waals surface area contributed by atoms with Crippen LogP contribution < -0.4 is 20.9 Å². The number of rotatable bonds is 7. The highest BCUT2D eigenvalue weighted by Crippen LogP contribution is 2.27. The van der Waals surface area contributed by atoms with Gasteiger partial charge in [-0.1, -0.05) is 36.4 Å². The molecule has 0 saturated carbocycles. The van der Waals surface area contributed by atoms with Gasteiger partial charge in [0.05, 0.1) is 16.3 Å². The molecule has 2 aromatic carbocycles. The van der Waals surface area contributed by atoms with Crippen LogP contribution in [0.4, 0.5) is 15.8 Å². The Hall–Kier alpha value is -3.23. The summed E-state index contributed by atoms with van der Waals surface area (Å²) in [4.78, 5) is 28.6. The van der Waals surface area contributed by atoms with E-state index in [1.165, 1.54) is 23.5 Å². The molecule has 0 spiro atoms. The molecule has 3 aromatic rings. The Bertz CT molecular complexity index is 1050. The first-order chi connectivity index (χ1) is 15.6. The van der Waals surface area contributed by atoms with Gasteiger partial charge in [-0.15, -0.1) is 11.3 Å². The molecule has 4 rings (SSSR count). The van der Waals surface area contributed by atoms with Crippen LogP contribution in [0.3, 0.4) is 0 Å². The predicted molar refractivity (Wildman–Crippen MR) is 126 cm³/mol. The van der Waals surface area contributed by atoms with E-state index in [9.17, 15) is 14.0 Å². The minimum atomic E-state index is -0.814. The fourth-order valence-corrected chi connectivity index (χ4v) is 4.33. The number of piperazine rings is 1. The lowest BCUT2D eigenvalue weighted by atomic mass is 10.0. The van der Waals surface area contributed by atoms with Crippen molar-refractivity contribution in [3.63, 3.8) is 0 Å². The monoisotopic (exact) mass is 452 g/mol. The highest BCUT2D eigenvalue weighted by molar-refractivity contribution is 7.12. The summed E-state index contributed by atoms with van der Waals surface area (Å²) in [5, 5.41) is 10.8. The van der Waals surface area contributed by atoms with Crippen LogP contribution in [0.5, 0.6) is 0 Å². The number of anilines is 2. The fourth-order valence-electron chi connectivity index (χ4n) is 3.71. The van der Waals surface area contributed by atoms with E-state index < -0.39 is 11.9 Å². The molecule has 1 unspecified atom stereocenters. The second-order valence-electron chi connectivity index (χ2n) is 7.58. The Balaban J connectivity index is 1.56. The minimum absolute atomic E-state index is 0.308. The van der Waals surface area contributed by atoms with Crippen molar-refractivity contribution >= 4 is 34.5 Å². The van der Waals surface area contributed by atoms with E-state index >= 15 is 0 Å². The summed E-state index contributed by atoms with van der Waals surface area (Å²) in [5.41, 5.74) is 2.09. The van der Waals surface area contributed by atoms with Crippen LogP contribution in [0.1, 0.15) is 15.2 Å². The van der Waals surface area contributed by atoms with Gasteiger partial charge in [-0.3, -0.25) is 9.59 Å². The summed E-state index contributed by atoms with van der Waals surface area (Å²) in [6.45, 7) is 3.16. The molecule has 8 heteroatoms. The maximum Gasteiger partial charge on any atom is 0.262 e. The molecular formula is C24H25FN4O2S. The van der Waals surface area contributed by atoms with Crippen LogP contribution in [0.25, 0.3) is 0 Å². The predicted octanol–water partition coefficient (Wildman–Crippen LogP) is 3.28. The average Bonchev–Trinajstić information content (AvgIpc) is 3.35. The fraction of sp³-hybridized carbons (Fsp3) is 0.250. The van der Waals surface area contributed by atoms with E-state index in [2.05, 4.69) is 20.9 Å². The summed E-state index contributed by atoms with van der Waals surface area (Å²) >= 11 is 1.31. The molecule has 32 heavy (non-hydrogen) atoms. The lowest BCUT2D eigenvalue weighted by Crippen LogP contribution is -2.46. The van der Waals surface area contributed by atoms with Gasteiger partial charge >= 0.3 is 0 Å². The van der Waals surface area contributed by atoms with Gasteiger partial charge in [0.1, 0.15) is 11.9 Å². The van der Waals surface area contributed by atoms with Crippen LogP contribution in [0.15, 0.2) is 66.0 Å². The molecule has 1 atom stereocenters. The number of amides is 2. The molecule has 1 saturated heterocycles. The number of benzene rings is 2. The number of halogens is 1. The van der Waals surface area contributed by atoms with E-state index in [0.717, 1.165) is 37.4 Å². The zero-order valence-electron chi connectivity index (χ0n) is 17.5. The number of nitrogens with one attached hydrogen (secondary N) is 3. The Labute approximate surface area is 190 Å². The van der Waals surface area contributed by atoms with Crippen molar-refractivity contribution in [2.75, 3.05) is 36.4 Å². The minimum Gasteiger partial charge on any atom is -0.367 e. The molecule has 0 radical (unpaired) electrons. The van der Waals surface area contributed by atoms with Gasteiger partial charge in [-0.2, -0.15) is 0 Å². The van der Waals surface area contributed by atoms with E-state index in [0.29, 0.717) is 17.0 Å². The second kappa shape index (κ2) is 10.4. The molecule has 3 N–H and O–H groups in total. The average molecular weight is 453 g/mol.